The molecule has 0 radical (unpaired) electrons. The lowest BCUT2D eigenvalue weighted by molar-refractivity contribution is 0.669. The SMILES string of the molecule is c1ccc(-c2ccc3oc4cc(-c5nc(-c6ccccc6)nc(-c6ccccc6)n5)ccc4c3c2)cc1. The van der Waals surface area contributed by atoms with Crippen LogP contribution in [0.25, 0.3) is 67.2 Å². The van der Waals surface area contributed by atoms with E-state index in [2.05, 4.69) is 48.5 Å². The van der Waals surface area contributed by atoms with E-state index in [-0.39, 0.29) is 0 Å². The Morgan fingerprint density at radius 3 is 1.46 bits per heavy atom. The summed E-state index contributed by atoms with van der Waals surface area (Å²) in [4.78, 5) is 14.5. The number of nitrogens with zero attached hydrogens (tertiary/aromatic N) is 3. The van der Waals surface area contributed by atoms with Crippen molar-refractivity contribution in [1.82, 2.24) is 15.0 Å². The molecule has 2 heterocycles. The van der Waals surface area contributed by atoms with Gasteiger partial charge in [0.05, 0.1) is 0 Å². The summed E-state index contributed by atoms with van der Waals surface area (Å²) in [6.07, 6.45) is 0. The monoisotopic (exact) mass is 475 g/mol. The minimum absolute atomic E-state index is 0.611. The highest BCUT2D eigenvalue weighted by atomic mass is 16.3. The van der Waals surface area contributed by atoms with Crippen molar-refractivity contribution < 1.29 is 4.42 Å². The van der Waals surface area contributed by atoms with Gasteiger partial charge in [0.25, 0.3) is 0 Å². The van der Waals surface area contributed by atoms with Crippen LogP contribution in [0.3, 0.4) is 0 Å². The van der Waals surface area contributed by atoms with Crippen molar-refractivity contribution in [2.45, 2.75) is 0 Å². The average Bonchev–Trinajstić information content (AvgIpc) is 3.35. The van der Waals surface area contributed by atoms with E-state index >= 15 is 0 Å². The molecule has 0 aliphatic heterocycles. The fraction of sp³-hybridized carbons (Fsp3) is 0. The molecule has 37 heavy (non-hydrogen) atoms. The molecule has 0 fully saturated rings. The fourth-order valence-electron chi connectivity index (χ4n) is 4.66. The van der Waals surface area contributed by atoms with E-state index in [0.717, 1.165) is 44.2 Å². The molecule has 0 bridgehead atoms. The van der Waals surface area contributed by atoms with Gasteiger partial charge in [-0.15, -0.1) is 0 Å². The number of fused-ring (bicyclic) bond motifs is 3. The van der Waals surface area contributed by atoms with Gasteiger partial charge in [0.1, 0.15) is 11.2 Å². The largest absolute Gasteiger partial charge is 0.456 e. The number of rotatable bonds is 4. The normalized spacial score (nSPS) is 11.2. The zero-order valence-corrected chi connectivity index (χ0v) is 19.9. The van der Waals surface area contributed by atoms with Gasteiger partial charge in [-0.05, 0) is 35.4 Å². The van der Waals surface area contributed by atoms with E-state index in [4.69, 9.17) is 19.4 Å². The zero-order valence-electron chi connectivity index (χ0n) is 19.9. The number of benzene rings is 5. The van der Waals surface area contributed by atoms with Crippen molar-refractivity contribution in [2.24, 2.45) is 0 Å². The van der Waals surface area contributed by atoms with Gasteiger partial charge in [0.2, 0.25) is 0 Å². The van der Waals surface area contributed by atoms with Crippen LogP contribution in [0.1, 0.15) is 0 Å². The molecule has 0 saturated heterocycles. The lowest BCUT2D eigenvalue weighted by atomic mass is 10.0. The van der Waals surface area contributed by atoms with Gasteiger partial charge in [-0.3, -0.25) is 0 Å². The van der Waals surface area contributed by atoms with Crippen LogP contribution in [-0.2, 0) is 0 Å². The number of hydrogen-bond acceptors (Lipinski definition) is 4. The molecule has 174 valence electrons. The van der Waals surface area contributed by atoms with Gasteiger partial charge in [0, 0.05) is 27.5 Å². The molecule has 7 rings (SSSR count). The topological polar surface area (TPSA) is 51.8 Å². The van der Waals surface area contributed by atoms with Crippen molar-refractivity contribution in [2.75, 3.05) is 0 Å². The van der Waals surface area contributed by atoms with Gasteiger partial charge >= 0.3 is 0 Å². The molecule has 0 saturated carbocycles. The van der Waals surface area contributed by atoms with E-state index in [9.17, 15) is 0 Å². The van der Waals surface area contributed by atoms with Crippen LogP contribution in [0.5, 0.6) is 0 Å². The maximum absolute atomic E-state index is 6.26. The highest BCUT2D eigenvalue weighted by Gasteiger charge is 2.15. The Morgan fingerprint density at radius 2 is 0.865 bits per heavy atom. The molecule has 0 N–H and O–H groups in total. The predicted molar refractivity (Wildman–Crippen MR) is 149 cm³/mol. The van der Waals surface area contributed by atoms with Crippen molar-refractivity contribution in [3.63, 3.8) is 0 Å². The third-order valence-corrected chi connectivity index (χ3v) is 6.54. The number of hydrogen-bond donors (Lipinski definition) is 0. The first-order chi connectivity index (χ1) is 18.3. The van der Waals surface area contributed by atoms with Crippen LogP contribution in [0.2, 0.25) is 0 Å². The molecule has 2 aromatic heterocycles. The summed E-state index contributed by atoms with van der Waals surface area (Å²) in [5.74, 6) is 1.89. The van der Waals surface area contributed by atoms with E-state index < -0.39 is 0 Å². The predicted octanol–water partition coefficient (Wildman–Crippen LogP) is 8.44. The molecule has 4 nitrogen and oxygen atoms in total. The molecule has 0 unspecified atom stereocenters. The molecule has 0 amide bonds. The molecule has 4 heteroatoms. The van der Waals surface area contributed by atoms with Crippen LogP contribution in [0.4, 0.5) is 0 Å². The van der Waals surface area contributed by atoms with Gasteiger partial charge in [-0.25, -0.2) is 15.0 Å². The fourth-order valence-corrected chi connectivity index (χ4v) is 4.66. The quantitative estimate of drug-likeness (QED) is 0.256. The van der Waals surface area contributed by atoms with E-state index in [1.54, 1.807) is 0 Å². The summed E-state index contributed by atoms with van der Waals surface area (Å²) >= 11 is 0. The zero-order chi connectivity index (χ0) is 24.6. The molecular formula is C33H21N3O. The second kappa shape index (κ2) is 8.85. The minimum atomic E-state index is 0.611. The van der Waals surface area contributed by atoms with Crippen LogP contribution < -0.4 is 0 Å². The summed E-state index contributed by atoms with van der Waals surface area (Å²) in [6.45, 7) is 0. The lowest BCUT2D eigenvalue weighted by Crippen LogP contribution is -2.00. The summed E-state index contributed by atoms with van der Waals surface area (Å²) in [6, 6.07) is 42.9. The summed E-state index contributed by atoms with van der Waals surface area (Å²) in [7, 11) is 0. The van der Waals surface area contributed by atoms with Gasteiger partial charge in [-0.1, -0.05) is 103 Å². The van der Waals surface area contributed by atoms with Crippen molar-refractivity contribution in [1.29, 1.82) is 0 Å². The van der Waals surface area contributed by atoms with Crippen LogP contribution in [-0.4, -0.2) is 15.0 Å². The van der Waals surface area contributed by atoms with Crippen LogP contribution in [0.15, 0.2) is 132 Å². The smallest absolute Gasteiger partial charge is 0.164 e. The second-order valence-corrected chi connectivity index (χ2v) is 8.93. The molecule has 7 aromatic rings. The van der Waals surface area contributed by atoms with Crippen molar-refractivity contribution in [3.8, 4) is 45.3 Å². The summed E-state index contributed by atoms with van der Waals surface area (Å²) < 4.78 is 6.26. The Hall–Kier alpha value is -5.09. The Morgan fingerprint density at radius 1 is 0.351 bits per heavy atom. The first-order valence-electron chi connectivity index (χ1n) is 12.2. The van der Waals surface area contributed by atoms with Gasteiger partial charge in [-0.2, -0.15) is 0 Å². The van der Waals surface area contributed by atoms with E-state index in [0.29, 0.717) is 17.5 Å². The Bertz CT molecular complexity index is 1800. The van der Waals surface area contributed by atoms with E-state index in [1.165, 1.54) is 5.56 Å². The van der Waals surface area contributed by atoms with Crippen LogP contribution >= 0.6 is 0 Å². The maximum atomic E-state index is 6.26. The molecule has 0 aliphatic carbocycles. The van der Waals surface area contributed by atoms with Gasteiger partial charge < -0.3 is 4.42 Å². The Labute approximate surface area is 213 Å². The van der Waals surface area contributed by atoms with E-state index in [1.807, 2.05) is 78.9 Å². The molecule has 0 atom stereocenters. The highest BCUT2D eigenvalue weighted by Crippen LogP contribution is 2.35. The standard InChI is InChI=1S/C33H21N3O/c1-4-10-22(11-5-1)25-17-19-29-28(20-25)27-18-16-26(21-30(27)37-29)33-35-31(23-12-6-2-7-13-23)34-32(36-33)24-14-8-3-9-15-24/h1-21H. The Balaban J connectivity index is 1.37. The first kappa shape index (κ1) is 21.2. The average molecular weight is 476 g/mol. The second-order valence-electron chi connectivity index (χ2n) is 8.93. The third kappa shape index (κ3) is 3.95. The third-order valence-electron chi connectivity index (χ3n) is 6.54. The maximum Gasteiger partial charge on any atom is 0.164 e. The van der Waals surface area contributed by atoms with Crippen molar-refractivity contribution in [3.05, 3.63) is 127 Å². The summed E-state index contributed by atoms with van der Waals surface area (Å²) in [5.41, 5.74) is 6.78. The van der Waals surface area contributed by atoms with Gasteiger partial charge in [0.15, 0.2) is 17.5 Å². The first-order valence-corrected chi connectivity index (χ1v) is 12.2. The Kier molecular flexibility index (Phi) is 5.07. The summed E-state index contributed by atoms with van der Waals surface area (Å²) in [5, 5.41) is 2.16. The number of aromatic nitrogens is 3. The molecule has 0 aliphatic rings. The number of furan rings is 1. The molecular weight excluding hydrogens is 454 g/mol. The minimum Gasteiger partial charge on any atom is -0.456 e. The highest BCUT2D eigenvalue weighted by molar-refractivity contribution is 6.07. The van der Waals surface area contributed by atoms with Crippen molar-refractivity contribution >= 4 is 21.9 Å². The molecule has 0 spiro atoms. The van der Waals surface area contributed by atoms with Crippen LogP contribution in [0, 0.1) is 0 Å². The lowest BCUT2D eigenvalue weighted by Gasteiger charge is -2.08. The molecule has 5 aromatic carbocycles.